The van der Waals surface area contributed by atoms with Crippen LogP contribution in [0.15, 0.2) is 49.4 Å². The molecule has 1 aromatic carbocycles. The Morgan fingerprint density at radius 1 is 1.38 bits per heavy atom. The molecular weight excluding hydrogens is 379 g/mol. The largest absolute Gasteiger partial charge is 0.442 e. The normalized spacial score (nSPS) is 16.1. The number of aromatic nitrogens is 4. The van der Waals surface area contributed by atoms with Gasteiger partial charge in [-0.15, -0.1) is 0 Å². The summed E-state index contributed by atoms with van der Waals surface area (Å²) in [5.74, 6) is -0.699. The van der Waals surface area contributed by atoms with Gasteiger partial charge in [-0.3, -0.25) is 9.69 Å². The van der Waals surface area contributed by atoms with E-state index in [-0.39, 0.29) is 19.0 Å². The summed E-state index contributed by atoms with van der Waals surface area (Å²) < 4.78 is 23.4. The summed E-state index contributed by atoms with van der Waals surface area (Å²) >= 11 is 0. The lowest BCUT2D eigenvalue weighted by atomic mass is 10.2. The van der Waals surface area contributed by atoms with E-state index in [2.05, 4.69) is 15.3 Å². The topological polar surface area (TPSA) is 94.3 Å². The number of amides is 2. The number of rotatable bonds is 6. The molecule has 2 amide bonds. The molecule has 1 saturated heterocycles. The van der Waals surface area contributed by atoms with Crippen LogP contribution in [0.1, 0.15) is 12.6 Å². The van der Waals surface area contributed by atoms with E-state index in [4.69, 9.17) is 4.74 Å². The highest BCUT2D eigenvalue weighted by atomic mass is 19.1. The van der Waals surface area contributed by atoms with Crippen molar-refractivity contribution in [2.75, 3.05) is 18.0 Å². The Morgan fingerprint density at radius 2 is 2.24 bits per heavy atom. The number of ether oxygens (including phenoxy) is 1. The summed E-state index contributed by atoms with van der Waals surface area (Å²) in [6, 6.07) is 4.52. The van der Waals surface area contributed by atoms with Crippen molar-refractivity contribution >= 4 is 17.7 Å². The molecule has 0 aliphatic carbocycles. The van der Waals surface area contributed by atoms with Crippen LogP contribution in [0.5, 0.6) is 0 Å². The number of nitrogens with zero attached hydrogens (tertiary/aromatic N) is 5. The average Bonchev–Trinajstić information content (AvgIpc) is 3.42. The minimum atomic E-state index is -0.572. The third-order valence-corrected chi connectivity index (χ3v) is 4.51. The number of halogens is 1. The van der Waals surface area contributed by atoms with Gasteiger partial charge in [0.2, 0.25) is 5.91 Å². The number of imidazole rings is 2. The van der Waals surface area contributed by atoms with Crippen molar-refractivity contribution in [3.63, 3.8) is 0 Å². The molecule has 1 aliphatic heterocycles. The summed E-state index contributed by atoms with van der Waals surface area (Å²) in [4.78, 5) is 32.7. The van der Waals surface area contributed by atoms with Crippen LogP contribution in [0.2, 0.25) is 0 Å². The third kappa shape index (κ3) is 4.10. The predicted molar refractivity (Wildman–Crippen MR) is 101 cm³/mol. The van der Waals surface area contributed by atoms with Crippen LogP contribution in [0, 0.1) is 5.82 Å². The van der Waals surface area contributed by atoms with E-state index in [1.54, 1.807) is 35.4 Å². The van der Waals surface area contributed by atoms with Crippen molar-refractivity contribution in [1.82, 2.24) is 24.4 Å². The molecular formula is C19H19FN6O3. The lowest BCUT2D eigenvalue weighted by molar-refractivity contribution is -0.119. The number of cyclic esters (lactones) is 1. The molecule has 29 heavy (non-hydrogen) atoms. The molecule has 0 saturated carbocycles. The molecule has 1 aliphatic rings. The fraction of sp³-hybridized carbons (Fsp3) is 0.263. The summed E-state index contributed by atoms with van der Waals surface area (Å²) in [6.45, 7) is 2.37. The SMILES string of the molecule is CC(=O)NC[C@H]1CN(c2ccc(-n3cnc(Cn4ccnc4)c3)c(F)c2)C(=O)O1. The molecule has 0 radical (unpaired) electrons. The Hall–Kier alpha value is -3.69. The second-order valence-corrected chi connectivity index (χ2v) is 6.70. The maximum absolute atomic E-state index is 14.8. The zero-order chi connectivity index (χ0) is 20.4. The van der Waals surface area contributed by atoms with E-state index < -0.39 is 18.0 Å². The van der Waals surface area contributed by atoms with Gasteiger partial charge in [0.05, 0.1) is 49.4 Å². The van der Waals surface area contributed by atoms with Crippen LogP contribution < -0.4 is 10.2 Å². The van der Waals surface area contributed by atoms with Gasteiger partial charge in [0.1, 0.15) is 11.9 Å². The van der Waals surface area contributed by atoms with E-state index in [0.29, 0.717) is 17.9 Å². The molecule has 10 heteroatoms. The van der Waals surface area contributed by atoms with Gasteiger partial charge in [0, 0.05) is 25.5 Å². The van der Waals surface area contributed by atoms with Crippen LogP contribution in [-0.2, 0) is 16.1 Å². The molecule has 2 aromatic heterocycles. The highest BCUT2D eigenvalue weighted by Gasteiger charge is 2.32. The van der Waals surface area contributed by atoms with Crippen molar-refractivity contribution in [3.8, 4) is 5.69 Å². The van der Waals surface area contributed by atoms with Crippen LogP contribution in [0.3, 0.4) is 0 Å². The molecule has 150 valence electrons. The Labute approximate surface area is 165 Å². The number of benzene rings is 1. The quantitative estimate of drug-likeness (QED) is 0.682. The second kappa shape index (κ2) is 7.74. The van der Waals surface area contributed by atoms with E-state index in [0.717, 1.165) is 5.69 Å². The van der Waals surface area contributed by atoms with Gasteiger partial charge in [-0.1, -0.05) is 0 Å². The Morgan fingerprint density at radius 3 is 2.97 bits per heavy atom. The van der Waals surface area contributed by atoms with Gasteiger partial charge in [-0.2, -0.15) is 0 Å². The first-order chi connectivity index (χ1) is 14.0. The van der Waals surface area contributed by atoms with E-state index in [1.165, 1.54) is 24.2 Å². The number of anilines is 1. The summed E-state index contributed by atoms with van der Waals surface area (Å²) in [7, 11) is 0. The number of carbonyl (C=O) groups excluding carboxylic acids is 2. The maximum Gasteiger partial charge on any atom is 0.414 e. The summed E-state index contributed by atoms with van der Waals surface area (Å²) in [5.41, 5.74) is 1.47. The standard InChI is InChI=1S/C19H19FN6O3/c1-13(27)22-7-16-10-26(19(28)29-16)15-2-3-18(17(20)6-15)25-9-14(23-12-25)8-24-5-4-21-11-24/h2-6,9,11-12,16H,7-8,10H2,1H3,(H,22,27)/t16-/m0/s1. The lowest BCUT2D eigenvalue weighted by Crippen LogP contribution is -2.33. The third-order valence-electron chi connectivity index (χ3n) is 4.51. The number of carbonyl (C=O) groups is 2. The van der Waals surface area contributed by atoms with Crippen LogP contribution in [0.4, 0.5) is 14.9 Å². The number of hydrogen-bond acceptors (Lipinski definition) is 5. The highest BCUT2D eigenvalue weighted by molar-refractivity contribution is 5.90. The predicted octanol–water partition coefficient (Wildman–Crippen LogP) is 1.72. The van der Waals surface area contributed by atoms with Gasteiger partial charge in [0.15, 0.2) is 0 Å². The lowest BCUT2D eigenvalue weighted by Gasteiger charge is -2.14. The first kappa shape index (κ1) is 18.7. The average molecular weight is 398 g/mol. The molecule has 0 unspecified atom stereocenters. The van der Waals surface area contributed by atoms with Crippen molar-refractivity contribution < 1.29 is 18.7 Å². The van der Waals surface area contributed by atoms with E-state index in [1.807, 2.05) is 10.8 Å². The highest BCUT2D eigenvalue weighted by Crippen LogP contribution is 2.25. The van der Waals surface area contributed by atoms with Gasteiger partial charge in [0.25, 0.3) is 0 Å². The molecule has 1 atom stereocenters. The first-order valence-electron chi connectivity index (χ1n) is 9.00. The molecule has 3 heterocycles. The Balaban J connectivity index is 1.48. The number of hydrogen-bond donors (Lipinski definition) is 1. The monoisotopic (exact) mass is 398 g/mol. The molecule has 9 nitrogen and oxygen atoms in total. The second-order valence-electron chi connectivity index (χ2n) is 6.70. The molecule has 1 fully saturated rings. The summed E-state index contributed by atoms with van der Waals surface area (Å²) in [5, 5.41) is 2.61. The van der Waals surface area contributed by atoms with Crippen LogP contribution in [-0.4, -0.2) is 50.3 Å². The van der Waals surface area contributed by atoms with Crippen molar-refractivity contribution in [2.24, 2.45) is 0 Å². The fourth-order valence-electron chi connectivity index (χ4n) is 3.11. The van der Waals surface area contributed by atoms with E-state index in [9.17, 15) is 14.0 Å². The summed E-state index contributed by atoms with van der Waals surface area (Å²) in [6.07, 6.45) is 7.42. The van der Waals surface area contributed by atoms with Crippen LogP contribution in [0.25, 0.3) is 5.69 Å². The molecule has 4 rings (SSSR count). The van der Waals surface area contributed by atoms with Crippen molar-refractivity contribution in [3.05, 3.63) is 61.0 Å². The number of nitrogens with one attached hydrogen (secondary N) is 1. The van der Waals surface area contributed by atoms with Gasteiger partial charge in [-0.05, 0) is 18.2 Å². The van der Waals surface area contributed by atoms with Gasteiger partial charge >= 0.3 is 6.09 Å². The van der Waals surface area contributed by atoms with Crippen molar-refractivity contribution in [1.29, 1.82) is 0 Å². The van der Waals surface area contributed by atoms with Crippen LogP contribution >= 0.6 is 0 Å². The maximum atomic E-state index is 14.8. The van der Waals surface area contributed by atoms with Crippen molar-refractivity contribution in [2.45, 2.75) is 19.6 Å². The Bertz CT molecular complexity index is 1030. The Kier molecular flexibility index (Phi) is 4.98. The smallest absolute Gasteiger partial charge is 0.414 e. The molecule has 0 spiro atoms. The molecule has 3 aromatic rings. The minimum Gasteiger partial charge on any atom is -0.442 e. The first-order valence-corrected chi connectivity index (χ1v) is 9.00. The zero-order valence-electron chi connectivity index (χ0n) is 15.7. The minimum absolute atomic E-state index is 0.206. The van der Waals surface area contributed by atoms with Gasteiger partial charge in [-0.25, -0.2) is 19.2 Å². The van der Waals surface area contributed by atoms with E-state index >= 15 is 0 Å². The molecule has 0 bridgehead atoms. The molecule has 1 N–H and O–H groups in total. The fourth-order valence-corrected chi connectivity index (χ4v) is 3.11. The zero-order valence-corrected chi connectivity index (χ0v) is 15.7. The van der Waals surface area contributed by atoms with Gasteiger partial charge < -0.3 is 19.2 Å².